The van der Waals surface area contributed by atoms with Gasteiger partial charge in [0.25, 0.3) is 0 Å². The van der Waals surface area contributed by atoms with Crippen molar-refractivity contribution in [1.82, 2.24) is 15.1 Å². The van der Waals surface area contributed by atoms with Crippen molar-refractivity contribution in [2.75, 3.05) is 45.9 Å². The molecular weight excluding hydrogens is 206 g/mol. The lowest BCUT2D eigenvalue weighted by Gasteiger charge is -2.35. The van der Waals surface area contributed by atoms with Crippen LogP contribution in [0.1, 0.15) is 13.3 Å². The smallest absolute Gasteiger partial charge is 0.320 e. The summed E-state index contributed by atoms with van der Waals surface area (Å²) in [7, 11) is 0. The van der Waals surface area contributed by atoms with Gasteiger partial charge in [0, 0.05) is 32.2 Å². The monoisotopic (exact) mass is 227 g/mol. The molecule has 2 heterocycles. The zero-order chi connectivity index (χ0) is 11.4. The zero-order valence-corrected chi connectivity index (χ0v) is 9.95. The maximum Gasteiger partial charge on any atom is 0.320 e. The van der Waals surface area contributed by atoms with Crippen LogP contribution < -0.4 is 5.32 Å². The fourth-order valence-electron chi connectivity index (χ4n) is 2.39. The minimum Gasteiger partial charge on any atom is -0.378 e. The number of amides is 2. The van der Waals surface area contributed by atoms with Crippen LogP contribution >= 0.6 is 0 Å². The highest BCUT2D eigenvalue weighted by Gasteiger charge is 2.29. The topological polar surface area (TPSA) is 44.8 Å². The zero-order valence-electron chi connectivity index (χ0n) is 9.95. The van der Waals surface area contributed by atoms with E-state index in [2.05, 4.69) is 12.2 Å². The largest absolute Gasteiger partial charge is 0.378 e. The molecule has 2 aliphatic rings. The van der Waals surface area contributed by atoms with Crippen LogP contribution in [0.15, 0.2) is 0 Å². The molecule has 0 aromatic rings. The SMILES string of the molecule is CCN(C(=O)N1CCOCC1)C1CCNC1. The first-order chi connectivity index (χ1) is 7.83. The highest BCUT2D eigenvalue weighted by Crippen LogP contribution is 2.12. The van der Waals surface area contributed by atoms with Gasteiger partial charge in [0.1, 0.15) is 0 Å². The highest BCUT2D eigenvalue weighted by molar-refractivity contribution is 5.75. The van der Waals surface area contributed by atoms with Crippen molar-refractivity contribution in [3.63, 3.8) is 0 Å². The number of morpholine rings is 1. The van der Waals surface area contributed by atoms with E-state index in [4.69, 9.17) is 4.74 Å². The van der Waals surface area contributed by atoms with Crippen molar-refractivity contribution in [1.29, 1.82) is 0 Å². The Morgan fingerprint density at radius 3 is 2.81 bits per heavy atom. The second kappa shape index (κ2) is 5.50. The lowest BCUT2D eigenvalue weighted by atomic mass is 10.2. The molecule has 1 N–H and O–H groups in total. The van der Waals surface area contributed by atoms with Gasteiger partial charge in [-0.3, -0.25) is 0 Å². The standard InChI is InChI=1S/C11H21N3O2/c1-2-14(10-3-4-12-9-10)11(15)13-5-7-16-8-6-13/h10,12H,2-9H2,1H3. The fourth-order valence-corrected chi connectivity index (χ4v) is 2.39. The fraction of sp³-hybridized carbons (Fsp3) is 0.909. The molecule has 2 saturated heterocycles. The molecule has 5 nitrogen and oxygen atoms in total. The number of carbonyl (C=O) groups is 1. The average Bonchev–Trinajstić information content (AvgIpc) is 2.85. The molecule has 2 fully saturated rings. The minimum absolute atomic E-state index is 0.180. The van der Waals surface area contributed by atoms with Gasteiger partial charge in [-0.1, -0.05) is 0 Å². The van der Waals surface area contributed by atoms with Crippen LogP contribution in [-0.4, -0.2) is 67.8 Å². The molecule has 0 bridgehead atoms. The number of nitrogens with one attached hydrogen (secondary N) is 1. The Labute approximate surface area is 96.7 Å². The Morgan fingerprint density at radius 1 is 1.50 bits per heavy atom. The molecule has 92 valence electrons. The van der Waals surface area contributed by atoms with Crippen molar-refractivity contribution in [3.8, 4) is 0 Å². The van der Waals surface area contributed by atoms with E-state index in [-0.39, 0.29) is 6.03 Å². The van der Waals surface area contributed by atoms with Crippen molar-refractivity contribution in [2.45, 2.75) is 19.4 Å². The molecule has 0 saturated carbocycles. The first-order valence-corrected chi connectivity index (χ1v) is 6.17. The van der Waals surface area contributed by atoms with Gasteiger partial charge in [-0.15, -0.1) is 0 Å². The summed E-state index contributed by atoms with van der Waals surface area (Å²) in [4.78, 5) is 16.2. The van der Waals surface area contributed by atoms with Crippen LogP contribution in [0.4, 0.5) is 4.79 Å². The van der Waals surface area contributed by atoms with Crippen LogP contribution in [0.2, 0.25) is 0 Å². The van der Waals surface area contributed by atoms with E-state index >= 15 is 0 Å². The quantitative estimate of drug-likeness (QED) is 0.729. The molecule has 0 aromatic carbocycles. The van der Waals surface area contributed by atoms with Crippen LogP contribution in [0.3, 0.4) is 0 Å². The lowest BCUT2D eigenvalue weighted by molar-refractivity contribution is 0.0405. The first-order valence-electron chi connectivity index (χ1n) is 6.17. The number of rotatable bonds is 2. The molecular formula is C11H21N3O2. The molecule has 2 rings (SSSR count). The molecule has 1 atom stereocenters. The number of ether oxygens (including phenoxy) is 1. The van der Waals surface area contributed by atoms with E-state index in [0.29, 0.717) is 19.3 Å². The summed E-state index contributed by atoms with van der Waals surface area (Å²) in [5.74, 6) is 0. The Kier molecular flexibility index (Phi) is 4.01. The Bertz CT molecular complexity index is 235. The lowest BCUT2D eigenvalue weighted by Crippen LogP contribution is -2.52. The third-order valence-corrected chi connectivity index (χ3v) is 3.34. The van der Waals surface area contributed by atoms with E-state index in [1.807, 2.05) is 9.80 Å². The van der Waals surface area contributed by atoms with Crippen LogP contribution in [-0.2, 0) is 4.74 Å². The number of urea groups is 1. The van der Waals surface area contributed by atoms with Gasteiger partial charge in [-0.25, -0.2) is 4.79 Å². The first kappa shape index (κ1) is 11.7. The summed E-state index contributed by atoms with van der Waals surface area (Å²) < 4.78 is 5.26. The second-order valence-corrected chi connectivity index (χ2v) is 4.31. The van der Waals surface area contributed by atoms with Crippen molar-refractivity contribution in [2.24, 2.45) is 0 Å². The Balaban J connectivity index is 1.93. The maximum atomic E-state index is 12.3. The van der Waals surface area contributed by atoms with Crippen LogP contribution in [0, 0.1) is 0 Å². The number of carbonyl (C=O) groups excluding carboxylic acids is 1. The summed E-state index contributed by atoms with van der Waals surface area (Å²) in [5, 5.41) is 3.31. The van der Waals surface area contributed by atoms with Gasteiger partial charge < -0.3 is 19.9 Å². The number of nitrogens with zero attached hydrogens (tertiary/aromatic N) is 2. The molecule has 0 aromatic heterocycles. The molecule has 0 aliphatic carbocycles. The molecule has 16 heavy (non-hydrogen) atoms. The van der Waals surface area contributed by atoms with Gasteiger partial charge in [0.2, 0.25) is 0 Å². The van der Waals surface area contributed by atoms with Gasteiger partial charge in [-0.2, -0.15) is 0 Å². The predicted octanol–water partition coefficient (Wildman–Crippen LogP) is 0.122. The van der Waals surface area contributed by atoms with Crippen molar-refractivity contribution in [3.05, 3.63) is 0 Å². The number of likely N-dealkylation sites (N-methyl/N-ethyl adjacent to an activating group) is 1. The summed E-state index contributed by atoms with van der Waals surface area (Å²) in [5.41, 5.74) is 0. The van der Waals surface area contributed by atoms with E-state index < -0.39 is 0 Å². The van der Waals surface area contributed by atoms with Gasteiger partial charge in [0.15, 0.2) is 0 Å². The third kappa shape index (κ3) is 2.47. The molecule has 0 spiro atoms. The van der Waals surface area contributed by atoms with E-state index in [9.17, 15) is 4.79 Å². The van der Waals surface area contributed by atoms with E-state index in [1.54, 1.807) is 0 Å². The normalized spacial score (nSPS) is 25.8. The number of hydrogen-bond acceptors (Lipinski definition) is 3. The summed E-state index contributed by atoms with van der Waals surface area (Å²) in [6, 6.07) is 0.555. The Morgan fingerprint density at radius 2 is 2.25 bits per heavy atom. The summed E-state index contributed by atoms with van der Waals surface area (Å²) in [6.45, 7) is 7.62. The predicted molar refractivity (Wildman–Crippen MR) is 61.4 cm³/mol. The van der Waals surface area contributed by atoms with E-state index in [0.717, 1.165) is 39.1 Å². The molecule has 2 aliphatic heterocycles. The minimum atomic E-state index is 0.180. The Hall–Kier alpha value is -0.810. The maximum absolute atomic E-state index is 12.3. The number of hydrogen-bond donors (Lipinski definition) is 1. The molecule has 1 unspecified atom stereocenters. The third-order valence-electron chi connectivity index (χ3n) is 3.34. The van der Waals surface area contributed by atoms with Crippen molar-refractivity contribution < 1.29 is 9.53 Å². The average molecular weight is 227 g/mol. The second-order valence-electron chi connectivity index (χ2n) is 4.31. The molecule has 0 radical (unpaired) electrons. The summed E-state index contributed by atoms with van der Waals surface area (Å²) in [6.07, 6.45) is 1.07. The summed E-state index contributed by atoms with van der Waals surface area (Å²) >= 11 is 0. The van der Waals surface area contributed by atoms with E-state index in [1.165, 1.54) is 0 Å². The van der Waals surface area contributed by atoms with Crippen molar-refractivity contribution >= 4 is 6.03 Å². The van der Waals surface area contributed by atoms with Gasteiger partial charge >= 0.3 is 6.03 Å². The van der Waals surface area contributed by atoms with Gasteiger partial charge in [-0.05, 0) is 19.9 Å². The molecule has 2 amide bonds. The molecule has 5 heteroatoms. The highest BCUT2D eigenvalue weighted by atomic mass is 16.5. The van der Waals surface area contributed by atoms with Gasteiger partial charge in [0.05, 0.1) is 13.2 Å². The van der Waals surface area contributed by atoms with Crippen LogP contribution in [0.5, 0.6) is 0 Å². The van der Waals surface area contributed by atoms with Crippen LogP contribution in [0.25, 0.3) is 0 Å².